The van der Waals surface area contributed by atoms with Gasteiger partial charge in [-0.3, -0.25) is 9.59 Å². The van der Waals surface area contributed by atoms with E-state index in [4.69, 9.17) is 0 Å². The first-order valence-corrected chi connectivity index (χ1v) is 10.4. The predicted molar refractivity (Wildman–Crippen MR) is 119 cm³/mol. The number of amides is 2. The summed E-state index contributed by atoms with van der Waals surface area (Å²) in [6.45, 7) is 8.11. The van der Waals surface area contributed by atoms with Crippen LogP contribution in [0.4, 0.5) is 10.7 Å². The molecule has 2 aromatic rings. The fourth-order valence-electron chi connectivity index (χ4n) is 2.60. The highest BCUT2D eigenvalue weighted by atomic mass is 32.1. The summed E-state index contributed by atoms with van der Waals surface area (Å²) in [5.74, 6) is -0.136. The quantitative estimate of drug-likeness (QED) is 0.673. The lowest BCUT2D eigenvalue weighted by molar-refractivity contribution is -0.123. The number of rotatable bonds is 7. The Morgan fingerprint density at radius 1 is 1.11 bits per heavy atom. The molecule has 0 saturated carbocycles. The maximum absolute atomic E-state index is 12.5. The van der Waals surface area contributed by atoms with E-state index in [1.807, 2.05) is 47.9 Å². The van der Waals surface area contributed by atoms with E-state index >= 15 is 0 Å². The zero-order chi connectivity index (χ0) is 20.9. The van der Waals surface area contributed by atoms with E-state index in [1.165, 1.54) is 22.6 Å². The summed E-state index contributed by atoms with van der Waals surface area (Å²) in [4.78, 5) is 27.3. The monoisotopic (exact) mass is 401 g/mol. The molecule has 28 heavy (non-hydrogen) atoms. The second-order valence-electron chi connectivity index (χ2n) is 8.25. The van der Waals surface area contributed by atoms with Crippen molar-refractivity contribution in [1.82, 2.24) is 5.32 Å². The predicted octanol–water partition coefficient (Wildman–Crippen LogP) is 4.47. The highest BCUT2D eigenvalue weighted by molar-refractivity contribution is 7.18. The van der Waals surface area contributed by atoms with Gasteiger partial charge in [0, 0.05) is 31.7 Å². The van der Waals surface area contributed by atoms with Gasteiger partial charge >= 0.3 is 0 Å². The van der Waals surface area contributed by atoms with Crippen LogP contribution < -0.4 is 15.5 Å². The van der Waals surface area contributed by atoms with Crippen molar-refractivity contribution in [2.45, 2.75) is 40.5 Å². The molecule has 0 bridgehead atoms. The van der Waals surface area contributed by atoms with Crippen LogP contribution in [0.1, 0.15) is 48.0 Å². The largest absolute Gasteiger partial charge is 0.378 e. The van der Waals surface area contributed by atoms with E-state index in [2.05, 4.69) is 39.8 Å². The lowest BCUT2D eigenvalue weighted by Gasteiger charge is -2.16. The van der Waals surface area contributed by atoms with Crippen LogP contribution in [-0.2, 0) is 11.2 Å². The summed E-state index contributed by atoms with van der Waals surface area (Å²) in [5, 5.41) is 6.59. The highest BCUT2D eigenvalue weighted by Crippen LogP contribution is 2.28. The first kappa shape index (κ1) is 22.0. The number of benzene rings is 1. The summed E-state index contributed by atoms with van der Waals surface area (Å²) in [7, 11) is 4.05. The van der Waals surface area contributed by atoms with Crippen LogP contribution in [0.2, 0.25) is 0 Å². The third kappa shape index (κ3) is 6.09. The molecule has 6 heteroatoms. The van der Waals surface area contributed by atoms with E-state index in [-0.39, 0.29) is 11.8 Å². The van der Waals surface area contributed by atoms with Crippen LogP contribution >= 0.6 is 11.3 Å². The number of thiophene rings is 1. The summed E-state index contributed by atoms with van der Waals surface area (Å²) in [6.07, 6.45) is 1.80. The normalized spacial score (nSPS) is 11.2. The minimum Gasteiger partial charge on any atom is -0.378 e. The minimum atomic E-state index is -0.467. The molecule has 0 aliphatic carbocycles. The average molecular weight is 402 g/mol. The van der Waals surface area contributed by atoms with Crippen LogP contribution in [0.25, 0.3) is 0 Å². The van der Waals surface area contributed by atoms with E-state index in [0.29, 0.717) is 16.4 Å². The van der Waals surface area contributed by atoms with E-state index in [1.54, 1.807) is 0 Å². The van der Waals surface area contributed by atoms with Gasteiger partial charge in [-0.2, -0.15) is 0 Å². The van der Waals surface area contributed by atoms with Crippen LogP contribution in [0.5, 0.6) is 0 Å². The second kappa shape index (κ2) is 9.24. The number of carbonyl (C=O) groups excluding carboxylic acids is 2. The molecule has 2 amide bonds. The molecule has 2 rings (SSSR count). The number of nitrogens with one attached hydrogen (secondary N) is 2. The number of hydrogen-bond acceptors (Lipinski definition) is 4. The molecule has 1 aromatic carbocycles. The maximum Gasteiger partial charge on any atom is 0.261 e. The molecule has 0 radical (unpaired) electrons. The van der Waals surface area contributed by atoms with Crippen molar-refractivity contribution in [1.29, 1.82) is 0 Å². The average Bonchev–Trinajstić information content (AvgIpc) is 2.98. The molecule has 2 N–H and O–H groups in total. The summed E-state index contributed by atoms with van der Waals surface area (Å²) in [6, 6.07) is 10.3. The van der Waals surface area contributed by atoms with Crippen LogP contribution in [-0.4, -0.2) is 32.5 Å². The molecule has 0 aliphatic rings. The van der Waals surface area contributed by atoms with Gasteiger partial charge in [0.15, 0.2) is 0 Å². The van der Waals surface area contributed by atoms with Gasteiger partial charge in [0.2, 0.25) is 5.91 Å². The number of hydrogen-bond donors (Lipinski definition) is 2. The molecular weight excluding hydrogens is 370 g/mol. The lowest BCUT2D eigenvalue weighted by Crippen LogP contribution is -2.27. The summed E-state index contributed by atoms with van der Waals surface area (Å²) in [5.41, 5.74) is 2.86. The molecule has 5 nitrogen and oxygen atoms in total. The van der Waals surface area contributed by atoms with E-state index < -0.39 is 5.41 Å². The number of nitrogens with zero attached hydrogens (tertiary/aromatic N) is 1. The number of aryl methyl sites for hydroxylation is 2. The molecule has 1 heterocycles. The van der Waals surface area contributed by atoms with Crippen molar-refractivity contribution < 1.29 is 9.59 Å². The molecule has 0 spiro atoms. The number of carbonyl (C=O) groups is 2. The third-order valence-electron chi connectivity index (χ3n) is 4.42. The Labute approximate surface area is 172 Å². The van der Waals surface area contributed by atoms with Gasteiger partial charge in [-0.25, -0.2) is 0 Å². The molecule has 152 valence electrons. The van der Waals surface area contributed by atoms with E-state index in [9.17, 15) is 9.59 Å². The molecular formula is C22H31N3O2S. The Morgan fingerprint density at radius 2 is 1.75 bits per heavy atom. The van der Waals surface area contributed by atoms with Gasteiger partial charge in [-0.1, -0.05) is 32.9 Å². The Morgan fingerprint density at radius 3 is 2.32 bits per heavy atom. The van der Waals surface area contributed by atoms with Gasteiger partial charge < -0.3 is 15.5 Å². The van der Waals surface area contributed by atoms with Crippen molar-refractivity contribution in [3.63, 3.8) is 0 Å². The second-order valence-corrected chi connectivity index (χ2v) is 9.30. The molecule has 0 fully saturated rings. The topological polar surface area (TPSA) is 61.4 Å². The van der Waals surface area contributed by atoms with Crippen molar-refractivity contribution in [3.8, 4) is 0 Å². The van der Waals surface area contributed by atoms with Gasteiger partial charge in [-0.15, -0.1) is 11.3 Å². The lowest BCUT2D eigenvalue weighted by atomic mass is 9.96. The highest BCUT2D eigenvalue weighted by Gasteiger charge is 2.23. The standard InChI is InChI=1S/C22H31N3O2S/c1-15-14-18(24-21(27)22(2,3)4)28-19(15)20(26)23-13-7-8-16-9-11-17(12-10-16)25(5)6/h9-12,14H,7-8,13H2,1-6H3,(H,23,26)(H,24,27). The van der Waals surface area contributed by atoms with Gasteiger partial charge in [0.25, 0.3) is 5.91 Å². The van der Waals surface area contributed by atoms with Crippen LogP contribution in [0.15, 0.2) is 30.3 Å². The Bertz CT molecular complexity index is 817. The van der Waals surface area contributed by atoms with Gasteiger partial charge in [0.05, 0.1) is 9.88 Å². The summed E-state index contributed by atoms with van der Waals surface area (Å²) < 4.78 is 0. The fourth-order valence-corrected chi connectivity index (χ4v) is 3.59. The van der Waals surface area contributed by atoms with Crippen molar-refractivity contribution in [3.05, 3.63) is 46.3 Å². The van der Waals surface area contributed by atoms with Gasteiger partial charge in [-0.05, 0) is 49.1 Å². The SMILES string of the molecule is Cc1cc(NC(=O)C(C)(C)C)sc1C(=O)NCCCc1ccc(N(C)C)cc1. The minimum absolute atomic E-state index is 0.0546. The first-order chi connectivity index (χ1) is 13.1. The third-order valence-corrected chi connectivity index (χ3v) is 5.57. The van der Waals surface area contributed by atoms with Crippen LogP contribution in [0, 0.1) is 12.3 Å². The Balaban J connectivity index is 1.84. The molecule has 0 unspecified atom stereocenters. The molecule has 1 aromatic heterocycles. The van der Waals surface area contributed by atoms with Gasteiger partial charge in [0.1, 0.15) is 0 Å². The number of anilines is 2. The molecule has 0 atom stereocenters. The fraction of sp³-hybridized carbons (Fsp3) is 0.455. The molecule has 0 aliphatic heterocycles. The van der Waals surface area contributed by atoms with Crippen molar-refractivity contribution >= 4 is 33.8 Å². The maximum atomic E-state index is 12.5. The van der Waals surface area contributed by atoms with E-state index in [0.717, 1.165) is 18.4 Å². The molecule has 0 saturated heterocycles. The zero-order valence-corrected chi connectivity index (χ0v) is 18.5. The Kier molecular flexibility index (Phi) is 7.24. The first-order valence-electron chi connectivity index (χ1n) is 9.54. The smallest absolute Gasteiger partial charge is 0.261 e. The zero-order valence-electron chi connectivity index (χ0n) is 17.7. The van der Waals surface area contributed by atoms with Crippen molar-refractivity contribution in [2.75, 3.05) is 30.9 Å². The van der Waals surface area contributed by atoms with Crippen LogP contribution in [0.3, 0.4) is 0 Å². The summed E-state index contributed by atoms with van der Waals surface area (Å²) >= 11 is 1.32. The van der Waals surface area contributed by atoms with Crippen molar-refractivity contribution in [2.24, 2.45) is 5.41 Å². The Hall–Kier alpha value is -2.34.